The van der Waals surface area contributed by atoms with Crippen LogP contribution in [0.4, 0.5) is 0 Å². The van der Waals surface area contributed by atoms with Gasteiger partial charge in [-0.2, -0.15) is 0 Å². The lowest BCUT2D eigenvalue weighted by Crippen LogP contribution is -2.60. The number of aliphatic hydroxyl groups is 6. The minimum Gasteiger partial charge on any atom is -0.459 e. The minimum absolute atomic E-state index is 0.0149. The van der Waals surface area contributed by atoms with Crippen LogP contribution in [-0.2, 0) is 19.0 Å². The van der Waals surface area contributed by atoms with Crippen molar-refractivity contribution < 1.29 is 49.6 Å². The van der Waals surface area contributed by atoms with Crippen LogP contribution < -0.4 is 5.32 Å². The quantitative estimate of drug-likeness (QED) is 0.234. The first-order valence-electron chi connectivity index (χ1n) is 14.3. The molecule has 2 heterocycles. The number of aliphatic hydroxyl groups excluding tert-OH is 4. The minimum atomic E-state index is -1.88. The number of carbonyl (C=O) groups is 1. The first-order valence-corrected chi connectivity index (χ1v) is 14.3. The molecule has 2 aliphatic rings. The Kier molecular flexibility index (Phi) is 11.8. The number of carbonyl (C=O) groups excluding carboxylic acids is 1. The summed E-state index contributed by atoms with van der Waals surface area (Å²) in [6, 6.07) is -0.321. The summed E-state index contributed by atoms with van der Waals surface area (Å²) in [5, 5.41) is 70.5. The van der Waals surface area contributed by atoms with E-state index in [4.69, 9.17) is 14.2 Å². The largest absolute Gasteiger partial charge is 0.459 e. The van der Waals surface area contributed by atoms with Gasteiger partial charge in [-0.25, -0.2) is 0 Å². The van der Waals surface area contributed by atoms with E-state index in [9.17, 15) is 35.4 Å². The van der Waals surface area contributed by atoms with Gasteiger partial charge >= 0.3 is 5.97 Å². The van der Waals surface area contributed by atoms with E-state index in [1.807, 2.05) is 6.92 Å². The number of hydrogen-bond acceptors (Lipinski definition) is 11. The summed E-state index contributed by atoms with van der Waals surface area (Å²) in [6.07, 6.45) is -7.91. The average Bonchev–Trinajstić information content (AvgIpc) is 2.87. The van der Waals surface area contributed by atoms with Crippen LogP contribution in [0.5, 0.6) is 0 Å². The molecule has 0 spiro atoms. The second-order valence-electron chi connectivity index (χ2n) is 12.5. The van der Waals surface area contributed by atoms with Gasteiger partial charge in [0.1, 0.15) is 17.8 Å². The molecular formula is C28H53NO10. The molecule has 2 saturated heterocycles. The highest BCUT2D eigenvalue weighted by atomic mass is 16.7. The Morgan fingerprint density at radius 1 is 0.974 bits per heavy atom. The maximum absolute atomic E-state index is 13.1. The lowest BCUT2D eigenvalue weighted by molar-refractivity contribution is -0.295. The smallest absolute Gasteiger partial charge is 0.311 e. The number of hydrogen-bond donors (Lipinski definition) is 7. The van der Waals surface area contributed by atoms with Crippen LogP contribution in [-0.4, -0.2) is 110 Å². The molecular weight excluding hydrogens is 510 g/mol. The summed E-state index contributed by atoms with van der Waals surface area (Å²) in [5.41, 5.74) is -3.55. The molecule has 0 aliphatic carbocycles. The number of likely N-dealkylation sites (N-methyl/N-ethyl adjacent to an activating group) is 1. The van der Waals surface area contributed by atoms with Gasteiger partial charge in [0.2, 0.25) is 0 Å². The third-order valence-corrected chi connectivity index (χ3v) is 9.04. The number of ether oxygens (including phenoxy) is 3. The molecule has 11 nitrogen and oxygen atoms in total. The molecule has 0 aromatic carbocycles. The second kappa shape index (κ2) is 13.4. The van der Waals surface area contributed by atoms with E-state index in [-0.39, 0.29) is 25.0 Å². The van der Waals surface area contributed by atoms with Gasteiger partial charge in [0.25, 0.3) is 0 Å². The highest BCUT2D eigenvalue weighted by Crippen LogP contribution is 2.38. The number of rotatable bonds is 4. The van der Waals surface area contributed by atoms with Gasteiger partial charge < -0.3 is 50.2 Å². The van der Waals surface area contributed by atoms with Crippen molar-refractivity contribution in [1.82, 2.24) is 5.32 Å². The van der Waals surface area contributed by atoms with Crippen LogP contribution >= 0.6 is 0 Å². The van der Waals surface area contributed by atoms with E-state index in [1.54, 1.807) is 34.7 Å². The zero-order valence-corrected chi connectivity index (χ0v) is 24.9. The number of nitrogens with one attached hydrogen (secondary N) is 1. The standard InChI is InChI=1S/C28H53NO10/c1-10-19-28(8,36)23(33)15(4)20(30)13(2)12-27(7,35)24(16(5)21(31)17(6)25(34)38-19)39-26-22(32)18(29-9)11-14(3)37-26/h13-24,26,29-33,35-36H,10-12H2,1-9H3/t13-,14+,15-,16-,17+,18-,19+,20-,21-,22-,23+,24-,26?,27?,28+/m0/s1. The van der Waals surface area contributed by atoms with Gasteiger partial charge in [-0.3, -0.25) is 4.79 Å². The molecule has 230 valence electrons. The van der Waals surface area contributed by atoms with Crippen molar-refractivity contribution in [1.29, 1.82) is 0 Å². The van der Waals surface area contributed by atoms with Crippen molar-refractivity contribution in [2.45, 2.75) is 141 Å². The van der Waals surface area contributed by atoms with Gasteiger partial charge in [0, 0.05) is 17.9 Å². The number of esters is 1. The maximum atomic E-state index is 13.1. The molecule has 0 aromatic heterocycles. The fraction of sp³-hybridized carbons (Fsp3) is 0.964. The third kappa shape index (κ3) is 7.50. The topological polar surface area (TPSA) is 178 Å². The third-order valence-electron chi connectivity index (χ3n) is 9.04. The predicted octanol–water partition coefficient (Wildman–Crippen LogP) is 0.310. The molecule has 11 heteroatoms. The molecule has 2 fully saturated rings. The van der Waals surface area contributed by atoms with Gasteiger partial charge in [-0.05, 0) is 59.9 Å². The second-order valence-corrected chi connectivity index (χ2v) is 12.5. The van der Waals surface area contributed by atoms with E-state index in [2.05, 4.69) is 5.32 Å². The Morgan fingerprint density at radius 3 is 2.10 bits per heavy atom. The van der Waals surface area contributed by atoms with Crippen LogP contribution in [0.1, 0.15) is 74.7 Å². The van der Waals surface area contributed by atoms with Crippen LogP contribution in [0.3, 0.4) is 0 Å². The van der Waals surface area contributed by atoms with E-state index in [0.29, 0.717) is 6.42 Å². The zero-order valence-electron chi connectivity index (χ0n) is 24.9. The molecule has 2 rings (SSSR count). The van der Waals surface area contributed by atoms with Gasteiger partial charge in [0.05, 0.1) is 42.0 Å². The molecule has 0 saturated carbocycles. The molecule has 0 aromatic rings. The average molecular weight is 564 g/mol. The molecule has 7 N–H and O–H groups in total. The van der Waals surface area contributed by atoms with E-state index < -0.39 is 83.8 Å². The van der Waals surface area contributed by atoms with Crippen molar-refractivity contribution in [2.75, 3.05) is 7.05 Å². The predicted molar refractivity (Wildman–Crippen MR) is 143 cm³/mol. The molecule has 0 radical (unpaired) electrons. The van der Waals surface area contributed by atoms with Crippen LogP contribution in [0.2, 0.25) is 0 Å². The lowest BCUT2D eigenvalue weighted by Gasteiger charge is -2.47. The Balaban J connectivity index is 2.53. The first-order chi connectivity index (χ1) is 17.9. The van der Waals surface area contributed by atoms with Gasteiger partial charge in [0.15, 0.2) is 6.29 Å². The summed E-state index contributed by atoms with van der Waals surface area (Å²) < 4.78 is 17.7. The van der Waals surface area contributed by atoms with Crippen LogP contribution in [0, 0.1) is 23.7 Å². The number of cyclic esters (lactones) is 1. The lowest BCUT2D eigenvalue weighted by atomic mass is 9.73. The van der Waals surface area contributed by atoms with Crippen molar-refractivity contribution in [3.63, 3.8) is 0 Å². The van der Waals surface area contributed by atoms with Crippen LogP contribution in [0.15, 0.2) is 0 Å². The molecule has 0 bridgehead atoms. The molecule has 2 unspecified atom stereocenters. The van der Waals surface area contributed by atoms with Crippen molar-refractivity contribution in [3.8, 4) is 0 Å². The van der Waals surface area contributed by atoms with Gasteiger partial charge in [-0.1, -0.05) is 27.7 Å². The van der Waals surface area contributed by atoms with Gasteiger partial charge in [-0.15, -0.1) is 0 Å². The summed E-state index contributed by atoms with van der Waals surface area (Å²) >= 11 is 0. The fourth-order valence-electron chi connectivity index (χ4n) is 6.39. The highest BCUT2D eigenvalue weighted by molar-refractivity contribution is 5.73. The molecule has 2 aliphatic heterocycles. The monoisotopic (exact) mass is 563 g/mol. The van der Waals surface area contributed by atoms with Crippen molar-refractivity contribution >= 4 is 5.97 Å². The Hall–Kier alpha value is -0.890. The highest BCUT2D eigenvalue weighted by Gasteiger charge is 2.51. The summed E-state index contributed by atoms with van der Waals surface area (Å²) in [5.74, 6) is -4.14. The van der Waals surface area contributed by atoms with E-state index in [1.165, 1.54) is 20.8 Å². The Labute approximate surface area is 232 Å². The fourth-order valence-corrected chi connectivity index (χ4v) is 6.39. The summed E-state index contributed by atoms with van der Waals surface area (Å²) in [6.45, 7) is 12.8. The van der Waals surface area contributed by atoms with Crippen molar-refractivity contribution in [3.05, 3.63) is 0 Å². The zero-order chi connectivity index (χ0) is 30.0. The summed E-state index contributed by atoms with van der Waals surface area (Å²) in [7, 11) is 1.72. The summed E-state index contributed by atoms with van der Waals surface area (Å²) in [4.78, 5) is 13.1. The SMILES string of the molecule is CC[C@H]1OC(=O)[C@H](C)[C@@H](O)[C@H](C)[C@H](OC2O[C@H](C)C[C@H](NC)[C@@H]2O)C(C)(O)C[C@H](C)[C@H](O)[C@H](C)[C@@H](O)[C@]1(C)O. The molecule has 39 heavy (non-hydrogen) atoms. The Bertz CT molecular complexity index is 794. The Morgan fingerprint density at radius 2 is 1.56 bits per heavy atom. The molecule has 0 amide bonds. The first kappa shape index (κ1) is 34.3. The molecule has 15 atom stereocenters. The van der Waals surface area contributed by atoms with E-state index in [0.717, 1.165) is 0 Å². The van der Waals surface area contributed by atoms with Crippen molar-refractivity contribution in [2.24, 2.45) is 23.7 Å². The van der Waals surface area contributed by atoms with E-state index >= 15 is 0 Å². The maximum Gasteiger partial charge on any atom is 0.311 e. The normalized spacial score (nSPS) is 51.2. The van der Waals surface area contributed by atoms with Crippen LogP contribution in [0.25, 0.3) is 0 Å².